The summed E-state index contributed by atoms with van der Waals surface area (Å²) in [6.45, 7) is 1.60. The second kappa shape index (κ2) is 3.49. The second-order valence-electron chi connectivity index (χ2n) is 2.58. The van der Waals surface area contributed by atoms with E-state index in [1.807, 2.05) is 0 Å². The van der Waals surface area contributed by atoms with Gasteiger partial charge in [0.05, 0.1) is 4.47 Å². The van der Waals surface area contributed by atoms with Crippen LogP contribution in [0.1, 0.15) is 18.5 Å². The van der Waals surface area contributed by atoms with Gasteiger partial charge in [0, 0.05) is 11.6 Å². The molecule has 1 nitrogen and oxygen atoms in total. The van der Waals surface area contributed by atoms with Crippen molar-refractivity contribution in [3.63, 3.8) is 0 Å². The molecule has 0 amide bonds. The van der Waals surface area contributed by atoms with E-state index in [-0.39, 0.29) is 10.0 Å². The Morgan fingerprint density at radius 3 is 2.42 bits per heavy atom. The van der Waals surface area contributed by atoms with Crippen LogP contribution < -0.4 is 5.73 Å². The first-order valence-corrected chi connectivity index (χ1v) is 4.21. The van der Waals surface area contributed by atoms with E-state index in [1.165, 1.54) is 0 Å². The Bertz CT molecular complexity index is 299. The van der Waals surface area contributed by atoms with Crippen LogP contribution in [0.15, 0.2) is 16.6 Å². The summed E-state index contributed by atoms with van der Waals surface area (Å²) in [5.74, 6) is -0.984. The van der Waals surface area contributed by atoms with E-state index in [4.69, 9.17) is 5.73 Å². The molecular formula is C8H8BrF2N. The van der Waals surface area contributed by atoms with Crippen molar-refractivity contribution in [2.45, 2.75) is 13.0 Å². The fourth-order valence-corrected chi connectivity index (χ4v) is 1.20. The summed E-state index contributed by atoms with van der Waals surface area (Å²) in [5.41, 5.74) is 5.60. The normalized spacial score (nSPS) is 13.1. The molecule has 1 aromatic rings. The molecule has 0 saturated heterocycles. The van der Waals surface area contributed by atoms with Gasteiger partial charge >= 0.3 is 0 Å². The molecule has 1 aromatic carbocycles. The van der Waals surface area contributed by atoms with Crippen molar-refractivity contribution in [1.82, 2.24) is 0 Å². The molecule has 1 rings (SSSR count). The van der Waals surface area contributed by atoms with Crippen molar-refractivity contribution in [2.24, 2.45) is 5.73 Å². The first-order valence-electron chi connectivity index (χ1n) is 3.42. The molecule has 2 N–H and O–H groups in total. The molecule has 0 aliphatic rings. The average molecular weight is 236 g/mol. The summed E-state index contributed by atoms with van der Waals surface area (Å²) in [4.78, 5) is 0. The third kappa shape index (κ3) is 1.81. The number of hydrogen-bond donors (Lipinski definition) is 1. The van der Waals surface area contributed by atoms with Crippen LogP contribution in [0.25, 0.3) is 0 Å². The van der Waals surface area contributed by atoms with Gasteiger partial charge in [0.2, 0.25) is 0 Å². The maximum Gasteiger partial charge on any atom is 0.137 e. The van der Waals surface area contributed by atoms with Crippen LogP contribution in [0, 0.1) is 11.6 Å². The monoisotopic (exact) mass is 235 g/mol. The Hall–Kier alpha value is -0.480. The lowest BCUT2D eigenvalue weighted by Crippen LogP contribution is -2.08. The molecule has 0 aliphatic heterocycles. The molecule has 0 spiro atoms. The number of benzene rings is 1. The van der Waals surface area contributed by atoms with Crippen molar-refractivity contribution in [1.29, 1.82) is 0 Å². The molecule has 12 heavy (non-hydrogen) atoms. The molecule has 0 unspecified atom stereocenters. The molecule has 0 aromatic heterocycles. The smallest absolute Gasteiger partial charge is 0.137 e. The summed E-state index contributed by atoms with van der Waals surface area (Å²) in [7, 11) is 0. The van der Waals surface area contributed by atoms with Gasteiger partial charge in [-0.1, -0.05) is 0 Å². The predicted octanol–water partition coefficient (Wildman–Crippen LogP) is 2.75. The van der Waals surface area contributed by atoms with Gasteiger partial charge in [0.25, 0.3) is 0 Å². The highest BCUT2D eigenvalue weighted by atomic mass is 79.9. The van der Waals surface area contributed by atoms with Gasteiger partial charge in [-0.15, -0.1) is 0 Å². The van der Waals surface area contributed by atoms with Crippen LogP contribution >= 0.6 is 15.9 Å². The topological polar surface area (TPSA) is 26.0 Å². The molecule has 0 heterocycles. The van der Waals surface area contributed by atoms with Gasteiger partial charge in [-0.25, -0.2) is 8.78 Å². The number of hydrogen-bond acceptors (Lipinski definition) is 1. The van der Waals surface area contributed by atoms with E-state index in [0.29, 0.717) is 0 Å². The maximum absolute atomic E-state index is 13.0. The molecule has 0 aliphatic carbocycles. The summed E-state index contributed by atoms with van der Waals surface area (Å²) >= 11 is 2.87. The lowest BCUT2D eigenvalue weighted by molar-refractivity contribution is 0.567. The zero-order valence-corrected chi connectivity index (χ0v) is 8.03. The van der Waals surface area contributed by atoms with Gasteiger partial charge < -0.3 is 5.73 Å². The summed E-state index contributed by atoms with van der Waals surface area (Å²) in [6.07, 6.45) is 0. The Kier molecular flexibility index (Phi) is 2.80. The van der Waals surface area contributed by atoms with E-state index in [0.717, 1.165) is 12.1 Å². The Balaban J connectivity index is 3.23. The zero-order valence-electron chi connectivity index (χ0n) is 6.44. The minimum absolute atomic E-state index is 0.115. The van der Waals surface area contributed by atoms with Crippen LogP contribution in [-0.2, 0) is 0 Å². The van der Waals surface area contributed by atoms with Crippen LogP contribution in [-0.4, -0.2) is 0 Å². The fraction of sp³-hybridized carbons (Fsp3) is 0.250. The number of halogens is 3. The van der Waals surface area contributed by atoms with E-state index in [9.17, 15) is 8.78 Å². The summed E-state index contributed by atoms with van der Waals surface area (Å²) in [6, 6.07) is 1.69. The van der Waals surface area contributed by atoms with Gasteiger partial charge in [-0.3, -0.25) is 0 Å². The first-order chi connectivity index (χ1) is 5.52. The number of rotatable bonds is 1. The molecule has 4 heteroatoms. The SMILES string of the molecule is C[C@H](N)c1cc(F)c(Br)cc1F. The van der Waals surface area contributed by atoms with Crippen molar-refractivity contribution >= 4 is 15.9 Å². The summed E-state index contributed by atoms with van der Waals surface area (Å²) < 4.78 is 26.0. The highest BCUT2D eigenvalue weighted by Crippen LogP contribution is 2.22. The molecule has 0 fully saturated rings. The zero-order chi connectivity index (χ0) is 9.30. The fourth-order valence-electron chi connectivity index (χ4n) is 0.887. The third-order valence-corrected chi connectivity index (χ3v) is 2.14. The van der Waals surface area contributed by atoms with E-state index < -0.39 is 17.7 Å². The molecule has 66 valence electrons. The average Bonchev–Trinajstić information content (AvgIpc) is 1.96. The van der Waals surface area contributed by atoms with E-state index >= 15 is 0 Å². The lowest BCUT2D eigenvalue weighted by atomic mass is 10.1. The van der Waals surface area contributed by atoms with Crippen LogP contribution in [0.5, 0.6) is 0 Å². The van der Waals surface area contributed by atoms with E-state index in [2.05, 4.69) is 15.9 Å². The Labute approximate surface area is 77.7 Å². The minimum atomic E-state index is -0.497. The quantitative estimate of drug-likeness (QED) is 0.745. The maximum atomic E-state index is 13.0. The largest absolute Gasteiger partial charge is 0.324 e. The predicted molar refractivity (Wildman–Crippen MR) is 46.7 cm³/mol. The second-order valence-corrected chi connectivity index (χ2v) is 3.43. The highest BCUT2D eigenvalue weighted by Gasteiger charge is 2.10. The minimum Gasteiger partial charge on any atom is -0.324 e. The van der Waals surface area contributed by atoms with Crippen molar-refractivity contribution < 1.29 is 8.78 Å². The molecule has 0 radical (unpaired) electrons. The Morgan fingerprint density at radius 1 is 1.33 bits per heavy atom. The van der Waals surface area contributed by atoms with Gasteiger partial charge in [0.1, 0.15) is 11.6 Å². The molecule has 0 saturated carbocycles. The van der Waals surface area contributed by atoms with Crippen LogP contribution in [0.2, 0.25) is 0 Å². The van der Waals surface area contributed by atoms with Crippen molar-refractivity contribution in [2.75, 3.05) is 0 Å². The Morgan fingerprint density at radius 2 is 1.92 bits per heavy atom. The number of nitrogens with two attached hydrogens (primary N) is 1. The van der Waals surface area contributed by atoms with Crippen LogP contribution in [0.3, 0.4) is 0 Å². The van der Waals surface area contributed by atoms with Gasteiger partial charge in [0.15, 0.2) is 0 Å². The standard InChI is InChI=1S/C8H8BrF2N/c1-4(12)5-2-8(11)6(9)3-7(5)10/h2-4H,12H2,1H3/t4-/m0/s1. The molecule has 1 atom stereocenters. The third-order valence-electron chi connectivity index (χ3n) is 1.53. The van der Waals surface area contributed by atoms with Crippen LogP contribution in [0.4, 0.5) is 8.78 Å². The van der Waals surface area contributed by atoms with Gasteiger partial charge in [-0.05, 0) is 35.0 Å². The van der Waals surface area contributed by atoms with E-state index in [1.54, 1.807) is 6.92 Å². The molecular weight excluding hydrogens is 228 g/mol. The molecule has 0 bridgehead atoms. The highest BCUT2D eigenvalue weighted by molar-refractivity contribution is 9.10. The van der Waals surface area contributed by atoms with Crippen molar-refractivity contribution in [3.05, 3.63) is 33.8 Å². The first kappa shape index (κ1) is 9.61. The lowest BCUT2D eigenvalue weighted by Gasteiger charge is -2.07. The van der Waals surface area contributed by atoms with Gasteiger partial charge in [-0.2, -0.15) is 0 Å². The summed E-state index contributed by atoms with van der Waals surface area (Å²) in [5, 5.41) is 0. The van der Waals surface area contributed by atoms with Crippen molar-refractivity contribution in [3.8, 4) is 0 Å².